The summed E-state index contributed by atoms with van der Waals surface area (Å²) in [5.74, 6) is 0.230. The fourth-order valence-electron chi connectivity index (χ4n) is 1.45. The Morgan fingerprint density at radius 1 is 1.23 bits per heavy atom. The SMILES string of the molecule is Cc1ccccc1C(C)(O)C(C)C. The summed E-state index contributed by atoms with van der Waals surface area (Å²) in [6.07, 6.45) is 0. The lowest BCUT2D eigenvalue weighted by Crippen LogP contribution is -2.28. The molecule has 0 amide bonds. The Morgan fingerprint density at radius 2 is 1.77 bits per heavy atom. The number of hydrogen-bond donors (Lipinski definition) is 1. The number of hydrogen-bond acceptors (Lipinski definition) is 1. The van der Waals surface area contributed by atoms with E-state index in [1.54, 1.807) is 0 Å². The molecule has 1 nitrogen and oxygen atoms in total. The molecule has 1 N–H and O–H groups in total. The first kappa shape index (κ1) is 10.3. The highest BCUT2D eigenvalue weighted by Crippen LogP contribution is 2.30. The standard InChI is InChI=1S/C12H18O/c1-9(2)12(4,13)11-8-6-5-7-10(11)3/h5-9,13H,1-4H3. The van der Waals surface area contributed by atoms with Gasteiger partial charge in [-0.05, 0) is 30.9 Å². The summed E-state index contributed by atoms with van der Waals surface area (Å²) in [6, 6.07) is 8.00. The molecule has 1 rings (SSSR count). The third kappa shape index (κ3) is 1.92. The lowest BCUT2D eigenvalue weighted by Gasteiger charge is -2.29. The predicted molar refractivity (Wildman–Crippen MR) is 55.6 cm³/mol. The Kier molecular flexibility index (Phi) is 2.77. The van der Waals surface area contributed by atoms with Crippen molar-refractivity contribution < 1.29 is 5.11 Å². The van der Waals surface area contributed by atoms with E-state index in [9.17, 15) is 5.11 Å². The highest BCUT2D eigenvalue weighted by Gasteiger charge is 2.28. The van der Waals surface area contributed by atoms with Gasteiger partial charge in [0.15, 0.2) is 0 Å². The second-order valence-corrected chi connectivity index (χ2v) is 4.12. The molecule has 0 saturated heterocycles. The van der Waals surface area contributed by atoms with Crippen molar-refractivity contribution in [2.45, 2.75) is 33.3 Å². The van der Waals surface area contributed by atoms with Gasteiger partial charge in [-0.25, -0.2) is 0 Å². The minimum Gasteiger partial charge on any atom is -0.385 e. The van der Waals surface area contributed by atoms with Gasteiger partial charge >= 0.3 is 0 Å². The highest BCUT2D eigenvalue weighted by atomic mass is 16.3. The summed E-state index contributed by atoms with van der Waals surface area (Å²) >= 11 is 0. The van der Waals surface area contributed by atoms with E-state index in [0.29, 0.717) is 0 Å². The first-order valence-corrected chi connectivity index (χ1v) is 4.74. The predicted octanol–water partition coefficient (Wildman–Crippen LogP) is 2.86. The maximum Gasteiger partial charge on any atom is 0.0893 e. The molecule has 0 saturated carbocycles. The van der Waals surface area contributed by atoms with Crippen LogP contribution < -0.4 is 0 Å². The quantitative estimate of drug-likeness (QED) is 0.738. The van der Waals surface area contributed by atoms with Crippen molar-refractivity contribution in [3.63, 3.8) is 0 Å². The smallest absolute Gasteiger partial charge is 0.0893 e. The van der Waals surface area contributed by atoms with Gasteiger partial charge in [-0.1, -0.05) is 38.1 Å². The first-order valence-electron chi connectivity index (χ1n) is 4.74. The van der Waals surface area contributed by atoms with Crippen LogP contribution in [-0.4, -0.2) is 5.11 Å². The summed E-state index contributed by atoms with van der Waals surface area (Å²) in [7, 11) is 0. The van der Waals surface area contributed by atoms with Crippen LogP contribution in [0.5, 0.6) is 0 Å². The number of benzene rings is 1. The van der Waals surface area contributed by atoms with Crippen molar-refractivity contribution >= 4 is 0 Å². The van der Waals surface area contributed by atoms with Crippen LogP contribution >= 0.6 is 0 Å². The summed E-state index contributed by atoms with van der Waals surface area (Å²) in [5, 5.41) is 10.2. The molecule has 13 heavy (non-hydrogen) atoms. The second kappa shape index (κ2) is 3.51. The maximum atomic E-state index is 10.2. The van der Waals surface area contributed by atoms with Crippen LogP contribution in [0.3, 0.4) is 0 Å². The first-order chi connectivity index (χ1) is 5.96. The molecule has 1 aromatic carbocycles. The molecule has 0 fully saturated rings. The normalized spacial score (nSPS) is 15.8. The molecule has 0 aromatic heterocycles. The van der Waals surface area contributed by atoms with E-state index in [1.165, 1.54) is 0 Å². The highest BCUT2D eigenvalue weighted by molar-refractivity contribution is 5.30. The molecule has 0 radical (unpaired) electrons. The van der Waals surface area contributed by atoms with Gasteiger partial charge < -0.3 is 5.11 Å². The fraction of sp³-hybridized carbons (Fsp3) is 0.500. The summed E-state index contributed by atoms with van der Waals surface area (Å²) < 4.78 is 0. The van der Waals surface area contributed by atoms with Crippen molar-refractivity contribution in [2.75, 3.05) is 0 Å². The van der Waals surface area contributed by atoms with E-state index in [1.807, 2.05) is 52.0 Å². The van der Waals surface area contributed by atoms with Gasteiger partial charge in [0.2, 0.25) is 0 Å². The number of rotatable bonds is 2. The third-order valence-electron chi connectivity index (χ3n) is 2.81. The Hall–Kier alpha value is -0.820. The van der Waals surface area contributed by atoms with Gasteiger partial charge in [-0.3, -0.25) is 0 Å². The molecule has 0 bridgehead atoms. The molecule has 1 heteroatoms. The van der Waals surface area contributed by atoms with Crippen molar-refractivity contribution in [1.29, 1.82) is 0 Å². The zero-order valence-electron chi connectivity index (χ0n) is 8.83. The van der Waals surface area contributed by atoms with Crippen LogP contribution in [0.4, 0.5) is 0 Å². The largest absolute Gasteiger partial charge is 0.385 e. The van der Waals surface area contributed by atoms with Gasteiger partial charge in [0.25, 0.3) is 0 Å². The summed E-state index contributed by atoms with van der Waals surface area (Å²) in [6.45, 7) is 7.98. The van der Waals surface area contributed by atoms with Crippen LogP contribution in [0.2, 0.25) is 0 Å². The maximum absolute atomic E-state index is 10.2. The molecular weight excluding hydrogens is 160 g/mol. The second-order valence-electron chi connectivity index (χ2n) is 4.12. The van der Waals surface area contributed by atoms with Gasteiger partial charge in [0.1, 0.15) is 0 Å². The molecule has 72 valence electrons. The van der Waals surface area contributed by atoms with E-state index < -0.39 is 5.60 Å². The van der Waals surface area contributed by atoms with Crippen LogP contribution in [0.1, 0.15) is 31.9 Å². The molecule has 1 unspecified atom stereocenters. The molecule has 0 spiro atoms. The van der Waals surface area contributed by atoms with Gasteiger partial charge in [0, 0.05) is 0 Å². The number of aliphatic hydroxyl groups is 1. The molecule has 1 atom stereocenters. The molecule has 1 aromatic rings. The minimum atomic E-state index is -0.717. The lowest BCUT2D eigenvalue weighted by atomic mass is 9.83. The zero-order chi connectivity index (χ0) is 10.1. The van der Waals surface area contributed by atoms with Crippen LogP contribution in [-0.2, 0) is 5.60 Å². The van der Waals surface area contributed by atoms with Gasteiger partial charge in [0.05, 0.1) is 5.60 Å². The average Bonchev–Trinajstić information content (AvgIpc) is 2.04. The van der Waals surface area contributed by atoms with Crippen molar-refractivity contribution in [3.05, 3.63) is 35.4 Å². The zero-order valence-corrected chi connectivity index (χ0v) is 8.83. The van der Waals surface area contributed by atoms with Crippen molar-refractivity contribution in [1.82, 2.24) is 0 Å². The van der Waals surface area contributed by atoms with Crippen molar-refractivity contribution in [3.8, 4) is 0 Å². The Balaban J connectivity index is 3.14. The minimum absolute atomic E-state index is 0.230. The van der Waals surface area contributed by atoms with E-state index >= 15 is 0 Å². The fourth-order valence-corrected chi connectivity index (χ4v) is 1.45. The Bertz CT molecular complexity index is 287. The number of aryl methyl sites for hydroxylation is 1. The molecular formula is C12H18O. The van der Waals surface area contributed by atoms with E-state index in [2.05, 4.69) is 0 Å². The lowest BCUT2D eigenvalue weighted by molar-refractivity contribution is 0.00848. The summed E-state index contributed by atoms with van der Waals surface area (Å²) in [5.41, 5.74) is 1.47. The monoisotopic (exact) mass is 178 g/mol. The average molecular weight is 178 g/mol. The van der Waals surface area contributed by atoms with Crippen LogP contribution in [0.25, 0.3) is 0 Å². The van der Waals surface area contributed by atoms with E-state index in [4.69, 9.17) is 0 Å². The van der Waals surface area contributed by atoms with Crippen LogP contribution in [0, 0.1) is 12.8 Å². The Morgan fingerprint density at radius 3 is 2.23 bits per heavy atom. The van der Waals surface area contributed by atoms with Crippen LogP contribution in [0.15, 0.2) is 24.3 Å². The topological polar surface area (TPSA) is 20.2 Å². The van der Waals surface area contributed by atoms with Gasteiger partial charge in [-0.15, -0.1) is 0 Å². The van der Waals surface area contributed by atoms with Gasteiger partial charge in [-0.2, -0.15) is 0 Å². The third-order valence-corrected chi connectivity index (χ3v) is 2.81. The van der Waals surface area contributed by atoms with E-state index in [0.717, 1.165) is 11.1 Å². The molecule has 0 aliphatic heterocycles. The molecule has 0 aliphatic carbocycles. The van der Waals surface area contributed by atoms with E-state index in [-0.39, 0.29) is 5.92 Å². The molecule has 0 heterocycles. The van der Waals surface area contributed by atoms with Crippen molar-refractivity contribution in [2.24, 2.45) is 5.92 Å². The Labute approximate surface area is 80.4 Å². The summed E-state index contributed by atoms with van der Waals surface area (Å²) in [4.78, 5) is 0. The molecule has 0 aliphatic rings.